The zero-order valence-corrected chi connectivity index (χ0v) is 19.8. The van der Waals surface area contributed by atoms with Gasteiger partial charge in [0.2, 0.25) is 21.8 Å². The molecule has 2 aromatic carbocycles. The maximum atomic E-state index is 13.2. The number of ether oxygens (including phenoxy) is 1. The molecule has 2 amide bonds. The summed E-state index contributed by atoms with van der Waals surface area (Å²) in [4.78, 5) is 27.9. The Kier molecular flexibility index (Phi) is 8.10. The number of piperidine rings is 1. The van der Waals surface area contributed by atoms with Gasteiger partial charge in [-0.05, 0) is 48.2 Å². The van der Waals surface area contributed by atoms with Crippen LogP contribution in [-0.2, 0) is 26.2 Å². The highest BCUT2D eigenvalue weighted by atomic mass is 32.2. The van der Waals surface area contributed by atoms with Gasteiger partial charge in [0, 0.05) is 19.5 Å². The minimum absolute atomic E-state index is 0.0227. The zero-order chi connectivity index (χ0) is 24.0. The second-order valence-electron chi connectivity index (χ2n) is 8.21. The van der Waals surface area contributed by atoms with E-state index in [1.807, 2.05) is 29.2 Å². The van der Waals surface area contributed by atoms with E-state index < -0.39 is 15.9 Å². The van der Waals surface area contributed by atoms with Crippen LogP contribution in [0.4, 0.5) is 0 Å². The van der Waals surface area contributed by atoms with Crippen LogP contribution in [0.1, 0.15) is 49.8 Å². The van der Waals surface area contributed by atoms with Gasteiger partial charge >= 0.3 is 0 Å². The van der Waals surface area contributed by atoms with Crippen molar-refractivity contribution >= 4 is 21.8 Å². The maximum Gasteiger partial charge on any atom is 0.238 e. The molecule has 1 aliphatic rings. The smallest absolute Gasteiger partial charge is 0.238 e. The molecule has 0 bridgehead atoms. The van der Waals surface area contributed by atoms with Crippen molar-refractivity contribution in [1.29, 1.82) is 0 Å². The average molecular weight is 474 g/mol. The second-order valence-corrected chi connectivity index (χ2v) is 9.77. The molecule has 0 radical (unpaired) electrons. The molecule has 0 spiro atoms. The van der Waals surface area contributed by atoms with E-state index in [1.165, 1.54) is 12.1 Å². The molecule has 3 rings (SSSR count). The van der Waals surface area contributed by atoms with Crippen molar-refractivity contribution < 1.29 is 22.7 Å². The number of hydrogen-bond acceptors (Lipinski definition) is 5. The van der Waals surface area contributed by atoms with Gasteiger partial charge in [-0.25, -0.2) is 13.6 Å². The molecule has 0 unspecified atom stereocenters. The summed E-state index contributed by atoms with van der Waals surface area (Å²) in [7, 11) is -2.17. The van der Waals surface area contributed by atoms with Gasteiger partial charge in [0.15, 0.2) is 0 Å². The fourth-order valence-electron chi connectivity index (χ4n) is 4.15. The number of unbranched alkanes of at least 4 members (excludes halogenated alkanes) is 1. The maximum absolute atomic E-state index is 13.2. The molecule has 178 valence electrons. The minimum Gasteiger partial charge on any atom is -0.497 e. The van der Waals surface area contributed by atoms with Crippen LogP contribution in [0, 0.1) is 5.92 Å². The van der Waals surface area contributed by atoms with Crippen molar-refractivity contribution in [3.8, 4) is 5.75 Å². The van der Waals surface area contributed by atoms with Crippen LogP contribution in [0.2, 0.25) is 0 Å². The number of sulfonamides is 1. The van der Waals surface area contributed by atoms with Gasteiger partial charge in [0.25, 0.3) is 0 Å². The Morgan fingerprint density at radius 3 is 2.39 bits per heavy atom. The standard InChI is InChI=1S/C24H31N3O5S/c1-3-4-15-27-22(28)14-13-21(23(27)18-7-9-19(32-2)10-8-18)24(29)26-16-17-5-11-20(12-6-17)33(25,30)31/h5-12,21,23H,3-4,13-16H2,1-2H3,(H,26,29)(H2,25,30,31)/t21-,23-/m1/s1. The molecule has 0 aromatic heterocycles. The molecule has 8 nitrogen and oxygen atoms in total. The first-order chi connectivity index (χ1) is 15.7. The van der Waals surface area contributed by atoms with Crippen molar-refractivity contribution in [3.05, 3.63) is 59.7 Å². The molecule has 2 aromatic rings. The fraction of sp³-hybridized carbons (Fsp3) is 0.417. The van der Waals surface area contributed by atoms with Crippen LogP contribution >= 0.6 is 0 Å². The Hall–Kier alpha value is -2.91. The molecule has 9 heteroatoms. The summed E-state index contributed by atoms with van der Waals surface area (Å²) in [5, 5.41) is 8.09. The Bertz CT molecular complexity index is 1070. The molecule has 1 aliphatic heterocycles. The summed E-state index contributed by atoms with van der Waals surface area (Å²) in [5.74, 6) is 0.244. The first-order valence-corrected chi connectivity index (χ1v) is 12.6. The minimum atomic E-state index is -3.76. The van der Waals surface area contributed by atoms with E-state index in [0.29, 0.717) is 25.1 Å². The third kappa shape index (κ3) is 6.11. The number of primary sulfonamides is 1. The molecule has 2 atom stereocenters. The van der Waals surface area contributed by atoms with Gasteiger partial charge < -0.3 is 15.0 Å². The molecule has 0 aliphatic carbocycles. The number of amides is 2. The van der Waals surface area contributed by atoms with E-state index in [-0.39, 0.29) is 29.3 Å². The number of hydrogen-bond donors (Lipinski definition) is 2. The molecule has 33 heavy (non-hydrogen) atoms. The van der Waals surface area contributed by atoms with Gasteiger partial charge in [-0.15, -0.1) is 0 Å². The number of methoxy groups -OCH3 is 1. The van der Waals surface area contributed by atoms with Crippen LogP contribution in [0.3, 0.4) is 0 Å². The Morgan fingerprint density at radius 2 is 1.82 bits per heavy atom. The van der Waals surface area contributed by atoms with Crippen LogP contribution in [-0.4, -0.2) is 38.8 Å². The van der Waals surface area contributed by atoms with Gasteiger partial charge in [-0.1, -0.05) is 37.6 Å². The monoisotopic (exact) mass is 473 g/mol. The average Bonchev–Trinajstić information content (AvgIpc) is 2.81. The fourth-order valence-corrected chi connectivity index (χ4v) is 4.67. The lowest BCUT2D eigenvalue weighted by Crippen LogP contribution is -2.48. The summed E-state index contributed by atoms with van der Waals surface area (Å²) < 4.78 is 28.1. The van der Waals surface area contributed by atoms with Crippen molar-refractivity contribution in [3.63, 3.8) is 0 Å². The number of carbonyl (C=O) groups excluding carboxylic acids is 2. The van der Waals surface area contributed by atoms with Crippen molar-refractivity contribution in [2.75, 3.05) is 13.7 Å². The van der Waals surface area contributed by atoms with Crippen molar-refractivity contribution in [2.24, 2.45) is 11.1 Å². The lowest BCUT2D eigenvalue weighted by molar-refractivity contribution is -0.143. The van der Waals surface area contributed by atoms with Crippen molar-refractivity contribution in [1.82, 2.24) is 10.2 Å². The summed E-state index contributed by atoms with van der Waals surface area (Å²) in [6, 6.07) is 13.2. The van der Waals surface area contributed by atoms with Crippen molar-refractivity contribution in [2.45, 2.75) is 50.1 Å². The van der Waals surface area contributed by atoms with Crippen LogP contribution in [0.5, 0.6) is 5.75 Å². The number of nitrogens with zero attached hydrogens (tertiary/aromatic N) is 1. The number of benzene rings is 2. The molecule has 0 saturated carbocycles. The van der Waals surface area contributed by atoms with Gasteiger partial charge in [-0.2, -0.15) is 0 Å². The lowest BCUT2D eigenvalue weighted by atomic mass is 9.83. The normalized spacial score (nSPS) is 18.8. The summed E-state index contributed by atoms with van der Waals surface area (Å²) in [6.07, 6.45) is 2.61. The number of nitrogens with two attached hydrogens (primary N) is 1. The Labute approximate surface area is 195 Å². The highest BCUT2D eigenvalue weighted by Gasteiger charge is 2.40. The topological polar surface area (TPSA) is 119 Å². The SMILES string of the molecule is CCCCN1C(=O)CC[C@@H](C(=O)NCc2ccc(S(N)(=O)=O)cc2)[C@H]1c1ccc(OC)cc1. The molecular formula is C24H31N3O5S. The molecule has 3 N–H and O–H groups in total. The molecule has 1 saturated heterocycles. The number of likely N-dealkylation sites (tertiary alicyclic amines) is 1. The molecule has 1 heterocycles. The predicted molar refractivity (Wildman–Crippen MR) is 125 cm³/mol. The first-order valence-electron chi connectivity index (χ1n) is 11.1. The third-order valence-electron chi connectivity index (χ3n) is 5.97. The quantitative estimate of drug-likeness (QED) is 0.580. The summed E-state index contributed by atoms with van der Waals surface area (Å²) >= 11 is 0. The van der Waals surface area contributed by atoms with Gasteiger partial charge in [-0.3, -0.25) is 9.59 Å². The largest absolute Gasteiger partial charge is 0.497 e. The van der Waals surface area contributed by atoms with Gasteiger partial charge in [0.1, 0.15) is 5.75 Å². The predicted octanol–water partition coefficient (Wildman–Crippen LogP) is 2.74. The van der Waals surface area contributed by atoms with E-state index in [9.17, 15) is 18.0 Å². The van der Waals surface area contributed by atoms with Crippen LogP contribution < -0.4 is 15.2 Å². The summed E-state index contributed by atoms with van der Waals surface area (Å²) in [5.41, 5.74) is 1.66. The van der Waals surface area contributed by atoms with Crippen LogP contribution in [0.25, 0.3) is 0 Å². The molecule has 1 fully saturated rings. The second kappa shape index (κ2) is 10.8. The number of carbonyl (C=O) groups is 2. The molecular weight excluding hydrogens is 442 g/mol. The van der Waals surface area contributed by atoms with Crippen LogP contribution in [0.15, 0.2) is 53.4 Å². The number of nitrogens with one attached hydrogen (secondary N) is 1. The summed E-state index contributed by atoms with van der Waals surface area (Å²) in [6.45, 7) is 2.92. The Balaban J connectivity index is 1.79. The van der Waals surface area contributed by atoms with E-state index in [2.05, 4.69) is 12.2 Å². The van der Waals surface area contributed by atoms with E-state index in [0.717, 1.165) is 24.0 Å². The zero-order valence-electron chi connectivity index (χ0n) is 19.0. The van der Waals surface area contributed by atoms with E-state index in [1.54, 1.807) is 19.2 Å². The van der Waals surface area contributed by atoms with E-state index in [4.69, 9.17) is 9.88 Å². The first kappa shape index (κ1) is 24.7. The van der Waals surface area contributed by atoms with Gasteiger partial charge in [0.05, 0.1) is 24.0 Å². The Morgan fingerprint density at radius 1 is 1.15 bits per heavy atom. The van der Waals surface area contributed by atoms with E-state index >= 15 is 0 Å². The highest BCUT2D eigenvalue weighted by Crippen LogP contribution is 2.37. The number of rotatable bonds is 9. The highest BCUT2D eigenvalue weighted by molar-refractivity contribution is 7.89. The third-order valence-corrected chi connectivity index (χ3v) is 6.90. The lowest BCUT2D eigenvalue weighted by Gasteiger charge is -2.41.